The molecule has 11 heavy (non-hydrogen) atoms. The van der Waals surface area contributed by atoms with Gasteiger partial charge >= 0.3 is 0 Å². The minimum absolute atomic E-state index is 0. The normalized spacial score (nSPS) is 7.18. The van der Waals surface area contributed by atoms with Crippen molar-refractivity contribution >= 4 is 18.3 Å². The maximum absolute atomic E-state index is 10.9. The molecule has 4 heteroatoms. The Labute approximate surface area is 74.4 Å². The highest BCUT2D eigenvalue weighted by Crippen LogP contribution is 1.98. The molecule has 0 aliphatic carbocycles. The zero-order valence-corrected chi connectivity index (χ0v) is 8.20. The number of carbonyl (C=O) groups is 1. The Hall–Kier alpha value is -0.540. The molecular formula is C7H17ClN2O. The maximum Gasteiger partial charge on any atom is 0.248 e. The van der Waals surface area contributed by atoms with Crippen LogP contribution >= 0.6 is 12.4 Å². The smallest absolute Gasteiger partial charge is 0.248 e. The van der Waals surface area contributed by atoms with E-state index in [4.69, 9.17) is 0 Å². The molecule has 0 aromatic heterocycles. The predicted molar refractivity (Wildman–Crippen MR) is 50.4 cm³/mol. The average Bonchev–Trinajstić information content (AvgIpc) is 1.84. The summed E-state index contributed by atoms with van der Waals surface area (Å²) in [6.07, 6.45) is 0.733. The summed E-state index contributed by atoms with van der Waals surface area (Å²) in [5.41, 5.74) is 0.667. The van der Waals surface area contributed by atoms with E-state index in [1.54, 1.807) is 14.1 Å². The zero-order valence-electron chi connectivity index (χ0n) is 7.39. The van der Waals surface area contributed by atoms with E-state index in [2.05, 4.69) is 6.58 Å². The van der Waals surface area contributed by atoms with E-state index in [1.807, 2.05) is 6.92 Å². The van der Waals surface area contributed by atoms with Gasteiger partial charge in [0, 0.05) is 19.7 Å². The van der Waals surface area contributed by atoms with Gasteiger partial charge in [-0.25, -0.2) is 0 Å². The minimum atomic E-state index is 0. The molecule has 1 amide bonds. The first-order valence-corrected chi connectivity index (χ1v) is 2.99. The molecule has 0 aliphatic heterocycles. The van der Waals surface area contributed by atoms with Crippen LogP contribution in [0.2, 0.25) is 0 Å². The van der Waals surface area contributed by atoms with Crippen LogP contribution in [0.4, 0.5) is 0 Å². The first kappa shape index (κ1) is 16.8. The minimum Gasteiger partial charge on any atom is -0.345 e. The third-order valence-electron chi connectivity index (χ3n) is 1.14. The van der Waals surface area contributed by atoms with Crippen molar-refractivity contribution in [2.24, 2.45) is 0 Å². The Balaban J connectivity index is -0.000000320. The molecular weight excluding hydrogens is 164 g/mol. The molecule has 0 atom stereocenters. The zero-order chi connectivity index (χ0) is 7.44. The highest BCUT2D eigenvalue weighted by atomic mass is 35.5. The average molecular weight is 181 g/mol. The summed E-state index contributed by atoms with van der Waals surface area (Å²) < 4.78 is 0. The molecule has 0 saturated heterocycles. The fraction of sp³-hybridized carbons (Fsp3) is 0.571. The van der Waals surface area contributed by atoms with Gasteiger partial charge in [-0.1, -0.05) is 13.5 Å². The lowest BCUT2D eigenvalue weighted by molar-refractivity contribution is -0.124. The number of rotatable bonds is 2. The van der Waals surface area contributed by atoms with Gasteiger partial charge in [-0.3, -0.25) is 4.79 Å². The Morgan fingerprint density at radius 2 is 1.82 bits per heavy atom. The molecule has 0 saturated carbocycles. The third-order valence-corrected chi connectivity index (χ3v) is 1.14. The van der Waals surface area contributed by atoms with Crippen molar-refractivity contribution in [2.45, 2.75) is 13.3 Å². The van der Waals surface area contributed by atoms with Crippen LogP contribution in [0.5, 0.6) is 0 Å². The summed E-state index contributed by atoms with van der Waals surface area (Å²) in [6.45, 7) is 5.52. The molecule has 0 spiro atoms. The van der Waals surface area contributed by atoms with Crippen LogP contribution in [0.25, 0.3) is 0 Å². The first-order chi connectivity index (χ1) is 4.09. The number of amides is 1. The molecule has 0 unspecified atom stereocenters. The van der Waals surface area contributed by atoms with Crippen LogP contribution in [0, 0.1) is 0 Å². The SMILES string of the molecule is C=C(CC)C(=O)N(C)C.Cl.N. The summed E-state index contributed by atoms with van der Waals surface area (Å²) in [5, 5.41) is 0. The summed E-state index contributed by atoms with van der Waals surface area (Å²) >= 11 is 0. The Kier molecular flexibility index (Phi) is 11.6. The van der Waals surface area contributed by atoms with Crippen molar-refractivity contribution in [3.63, 3.8) is 0 Å². The third kappa shape index (κ3) is 5.88. The van der Waals surface area contributed by atoms with Crippen LogP contribution < -0.4 is 6.15 Å². The fourth-order valence-electron chi connectivity index (χ4n) is 0.467. The van der Waals surface area contributed by atoms with E-state index in [0.29, 0.717) is 5.57 Å². The quantitative estimate of drug-likeness (QED) is 0.657. The number of carbonyl (C=O) groups excluding carboxylic acids is 1. The summed E-state index contributed by atoms with van der Waals surface area (Å²) in [7, 11) is 3.45. The lowest BCUT2D eigenvalue weighted by atomic mass is 10.2. The van der Waals surface area contributed by atoms with Gasteiger partial charge in [0.15, 0.2) is 0 Å². The van der Waals surface area contributed by atoms with Gasteiger partial charge in [0.1, 0.15) is 0 Å². The molecule has 0 radical (unpaired) electrons. The number of hydrogen-bond donors (Lipinski definition) is 1. The van der Waals surface area contributed by atoms with Crippen molar-refractivity contribution in [2.75, 3.05) is 14.1 Å². The second-order valence-corrected chi connectivity index (χ2v) is 2.16. The predicted octanol–water partition coefficient (Wildman–Crippen LogP) is 1.62. The molecule has 0 fully saturated rings. The van der Waals surface area contributed by atoms with Crippen molar-refractivity contribution < 1.29 is 4.79 Å². The van der Waals surface area contributed by atoms with Gasteiger partial charge < -0.3 is 11.1 Å². The largest absolute Gasteiger partial charge is 0.345 e. The second-order valence-electron chi connectivity index (χ2n) is 2.16. The van der Waals surface area contributed by atoms with Gasteiger partial charge in [0.05, 0.1) is 0 Å². The lowest BCUT2D eigenvalue weighted by Crippen LogP contribution is -2.22. The number of hydrogen-bond acceptors (Lipinski definition) is 2. The molecule has 0 rings (SSSR count). The second kappa shape index (κ2) is 7.57. The van der Waals surface area contributed by atoms with Gasteiger partial charge in [-0.2, -0.15) is 0 Å². The Morgan fingerprint density at radius 1 is 1.45 bits per heavy atom. The van der Waals surface area contributed by atoms with Gasteiger partial charge in [-0.15, -0.1) is 12.4 Å². The molecule has 68 valence electrons. The van der Waals surface area contributed by atoms with Crippen LogP contribution in [-0.2, 0) is 4.79 Å². The van der Waals surface area contributed by atoms with Crippen LogP contribution in [0.15, 0.2) is 12.2 Å². The molecule has 0 aliphatic rings. The van der Waals surface area contributed by atoms with Crippen LogP contribution in [0.3, 0.4) is 0 Å². The van der Waals surface area contributed by atoms with Crippen molar-refractivity contribution in [3.8, 4) is 0 Å². The lowest BCUT2D eigenvalue weighted by Gasteiger charge is -2.09. The van der Waals surface area contributed by atoms with E-state index in [1.165, 1.54) is 4.90 Å². The van der Waals surface area contributed by atoms with Crippen molar-refractivity contribution in [1.82, 2.24) is 11.1 Å². The van der Waals surface area contributed by atoms with E-state index >= 15 is 0 Å². The van der Waals surface area contributed by atoms with Crippen molar-refractivity contribution in [1.29, 1.82) is 0 Å². The number of nitrogens with zero attached hydrogens (tertiary/aromatic N) is 1. The highest BCUT2D eigenvalue weighted by Gasteiger charge is 2.04. The Morgan fingerprint density at radius 3 is 1.91 bits per heavy atom. The van der Waals surface area contributed by atoms with Crippen LogP contribution in [0.1, 0.15) is 13.3 Å². The molecule has 3 nitrogen and oxygen atoms in total. The summed E-state index contributed by atoms with van der Waals surface area (Å²) in [5.74, 6) is 0.0255. The van der Waals surface area contributed by atoms with Gasteiger partial charge in [0.25, 0.3) is 0 Å². The summed E-state index contributed by atoms with van der Waals surface area (Å²) in [4.78, 5) is 12.4. The van der Waals surface area contributed by atoms with Gasteiger partial charge in [0.2, 0.25) is 5.91 Å². The van der Waals surface area contributed by atoms with Gasteiger partial charge in [-0.05, 0) is 6.42 Å². The van der Waals surface area contributed by atoms with Crippen LogP contribution in [-0.4, -0.2) is 24.9 Å². The topological polar surface area (TPSA) is 55.3 Å². The maximum atomic E-state index is 10.9. The van der Waals surface area contributed by atoms with E-state index in [0.717, 1.165) is 6.42 Å². The van der Waals surface area contributed by atoms with E-state index < -0.39 is 0 Å². The van der Waals surface area contributed by atoms with E-state index in [9.17, 15) is 4.79 Å². The van der Waals surface area contributed by atoms with Crippen molar-refractivity contribution in [3.05, 3.63) is 12.2 Å². The first-order valence-electron chi connectivity index (χ1n) is 2.99. The molecule has 0 aromatic carbocycles. The molecule has 0 aromatic rings. The van der Waals surface area contributed by atoms with E-state index in [-0.39, 0.29) is 24.5 Å². The fourth-order valence-corrected chi connectivity index (χ4v) is 0.467. The standard InChI is InChI=1S/C7H13NO.ClH.H3N/c1-5-6(2)7(9)8(3)4;;/h2,5H2,1,3-4H3;1H;1H3. The molecule has 0 heterocycles. The number of likely N-dealkylation sites (N-methyl/N-ethyl adjacent to an activating group) is 1. The highest BCUT2D eigenvalue weighted by molar-refractivity contribution is 5.92. The monoisotopic (exact) mass is 180 g/mol. The molecule has 0 bridgehead atoms. The summed E-state index contributed by atoms with van der Waals surface area (Å²) in [6, 6.07) is 0. The molecule has 3 N–H and O–H groups in total. The Bertz CT molecular complexity index is 134. The number of halogens is 1.